The highest BCUT2D eigenvalue weighted by atomic mass is 35.5. The third-order valence-corrected chi connectivity index (χ3v) is 5.09. The minimum Gasteiger partial charge on any atom is -0.348 e. The Hall–Kier alpha value is -2.34. The fourth-order valence-corrected chi connectivity index (χ4v) is 3.66. The Morgan fingerprint density at radius 1 is 1.33 bits per heavy atom. The first kappa shape index (κ1) is 14.0. The zero-order chi connectivity index (χ0) is 16.3. The highest BCUT2D eigenvalue weighted by Crippen LogP contribution is 2.38. The number of amides is 1. The molecular formula is C17H16ClN5O. The number of aromatic nitrogens is 4. The van der Waals surface area contributed by atoms with Crippen LogP contribution in [0, 0.1) is 5.92 Å². The molecule has 7 heteroatoms. The van der Waals surface area contributed by atoms with Crippen LogP contribution in [0.3, 0.4) is 0 Å². The Kier molecular flexibility index (Phi) is 2.97. The van der Waals surface area contributed by atoms with Crippen LogP contribution in [0.2, 0.25) is 5.02 Å². The molecular weight excluding hydrogens is 326 g/mol. The van der Waals surface area contributed by atoms with Crippen LogP contribution >= 0.6 is 11.6 Å². The molecule has 0 spiro atoms. The predicted molar refractivity (Wildman–Crippen MR) is 89.7 cm³/mol. The number of fused-ring (bicyclic) bond motifs is 2. The van der Waals surface area contributed by atoms with Gasteiger partial charge < -0.3 is 14.9 Å². The van der Waals surface area contributed by atoms with E-state index in [1.807, 2.05) is 23.1 Å². The maximum atomic E-state index is 12.8. The molecule has 0 radical (unpaired) electrons. The zero-order valence-electron chi connectivity index (χ0n) is 12.9. The van der Waals surface area contributed by atoms with Gasteiger partial charge >= 0.3 is 0 Å². The molecule has 2 N–H and O–H groups in total. The van der Waals surface area contributed by atoms with E-state index in [4.69, 9.17) is 16.6 Å². The maximum absolute atomic E-state index is 12.8. The molecule has 1 aliphatic carbocycles. The minimum absolute atomic E-state index is 0.173. The van der Waals surface area contributed by atoms with E-state index >= 15 is 0 Å². The van der Waals surface area contributed by atoms with E-state index in [1.165, 1.54) is 0 Å². The van der Waals surface area contributed by atoms with Crippen molar-refractivity contribution in [2.75, 3.05) is 6.54 Å². The molecule has 122 valence electrons. The second kappa shape index (κ2) is 5.08. The van der Waals surface area contributed by atoms with Gasteiger partial charge in [0.1, 0.15) is 11.9 Å². The molecule has 0 saturated heterocycles. The van der Waals surface area contributed by atoms with Crippen LogP contribution in [0.25, 0.3) is 11.0 Å². The van der Waals surface area contributed by atoms with Crippen molar-refractivity contribution in [1.82, 2.24) is 24.8 Å². The number of halogens is 1. The SMILES string of the molecule is O=C(C1CC1)N1CCc2[nH]cnc2[C@H]1c1nc2ccc(Cl)cc2[nH]1. The van der Waals surface area contributed by atoms with Crippen LogP contribution in [0.5, 0.6) is 0 Å². The van der Waals surface area contributed by atoms with Crippen molar-refractivity contribution in [2.45, 2.75) is 25.3 Å². The summed E-state index contributed by atoms with van der Waals surface area (Å²) < 4.78 is 0. The van der Waals surface area contributed by atoms with Crippen LogP contribution in [-0.4, -0.2) is 37.3 Å². The topological polar surface area (TPSA) is 77.7 Å². The average molecular weight is 342 g/mol. The van der Waals surface area contributed by atoms with Gasteiger partial charge in [-0.25, -0.2) is 9.97 Å². The first-order valence-electron chi connectivity index (χ1n) is 8.18. The van der Waals surface area contributed by atoms with E-state index in [9.17, 15) is 4.79 Å². The molecule has 1 amide bonds. The van der Waals surface area contributed by atoms with E-state index < -0.39 is 0 Å². The lowest BCUT2D eigenvalue weighted by Crippen LogP contribution is -2.42. The number of carbonyl (C=O) groups is 1. The van der Waals surface area contributed by atoms with Crippen LogP contribution in [0.4, 0.5) is 0 Å². The summed E-state index contributed by atoms with van der Waals surface area (Å²) in [5.41, 5.74) is 3.69. The zero-order valence-corrected chi connectivity index (χ0v) is 13.7. The molecule has 1 atom stereocenters. The second-order valence-electron chi connectivity index (χ2n) is 6.51. The van der Waals surface area contributed by atoms with E-state index in [1.54, 1.807) is 6.33 Å². The normalized spacial score (nSPS) is 20.4. The van der Waals surface area contributed by atoms with Crippen molar-refractivity contribution < 1.29 is 4.79 Å². The molecule has 1 aliphatic heterocycles. The summed E-state index contributed by atoms with van der Waals surface area (Å²) in [5, 5.41) is 0.660. The second-order valence-corrected chi connectivity index (χ2v) is 6.94. The Labute approximate surface area is 143 Å². The predicted octanol–water partition coefficient (Wildman–Crippen LogP) is 2.82. The first-order chi connectivity index (χ1) is 11.7. The monoisotopic (exact) mass is 341 g/mol. The van der Waals surface area contributed by atoms with Crippen LogP contribution < -0.4 is 0 Å². The van der Waals surface area contributed by atoms with E-state index in [0.717, 1.165) is 47.5 Å². The van der Waals surface area contributed by atoms with Gasteiger partial charge in [0.2, 0.25) is 5.91 Å². The molecule has 1 aromatic carbocycles. The number of nitrogens with one attached hydrogen (secondary N) is 2. The molecule has 24 heavy (non-hydrogen) atoms. The number of rotatable bonds is 2. The standard InChI is InChI=1S/C17H16ClN5O/c18-10-3-4-11-13(7-10)22-16(21-11)15-14-12(19-8-20-14)5-6-23(15)17(24)9-1-2-9/h3-4,7-9,15H,1-2,5-6H2,(H,19,20)(H,21,22)/t15-/m0/s1. The van der Waals surface area contributed by atoms with E-state index in [2.05, 4.69) is 15.0 Å². The summed E-state index contributed by atoms with van der Waals surface area (Å²) in [6.45, 7) is 0.687. The lowest BCUT2D eigenvalue weighted by atomic mass is 10.0. The number of hydrogen-bond donors (Lipinski definition) is 2. The lowest BCUT2D eigenvalue weighted by Gasteiger charge is -2.34. The van der Waals surface area contributed by atoms with Gasteiger partial charge in [0.05, 0.1) is 23.1 Å². The average Bonchev–Trinajstić information content (AvgIpc) is 3.17. The number of benzene rings is 1. The summed E-state index contributed by atoms with van der Waals surface area (Å²) >= 11 is 6.08. The Bertz CT molecular complexity index is 942. The van der Waals surface area contributed by atoms with Crippen molar-refractivity contribution in [1.29, 1.82) is 0 Å². The number of H-pyrrole nitrogens is 2. The molecule has 6 nitrogen and oxygen atoms in total. The molecule has 3 heterocycles. The Balaban J connectivity index is 1.64. The van der Waals surface area contributed by atoms with Crippen LogP contribution in [-0.2, 0) is 11.2 Å². The minimum atomic E-state index is -0.265. The van der Waals surface area contributed by atoms with Gasteiger partial charge in [-0.05, 0) is 31.0 Å². The number of hydrogen-bond acceptors (Lipinski definition) is 3. The van der Waals surface area contributed by atoms with Crippen molar-refractivity contribution in [3.05, 3.63) is 46.8 Å². The van der Waals surface area contributed by atoms with Crippen LogP contribution in [0.1, 0.15) is 36.1 Å². The van der Waals surface area contributed by atoms with E-state index in [0.29, 0.717) is 11.6 Å². The van der Waals surface area contributed by atoms with Gasteiger partial charge in [-0.3, -0.25) is 4.79 Å². The Morgan fingerprint density at radius 2 is 2.21 bits per heavy atom. The smallest absolute Gasteiger partial charge is 0.226 e. The number of nitrogens with zero attached hydrogens (tertiary/aromatic N) is 3. The Morgan fingerprint density at radius 3 is 3.04 bits per heavy atom. The van der Waals surface area contributed by atoms with Crippen LogP contribution in [0.15, 0.2) is 24.5 Å². The number of imidazole rings is 2. The third-order valence-electron chi connectivity index (χ3n) is 4.86. The summed E-state index contributed by atoms with van der Waals surface area (Å²) in [7, 11) is 0. The molecule has 2 aromatic heterocycles. The van der Waals surface area contributed by atoms with Gasteiger partial charge in [0.25, 0.3) is 0 Å². The summed E-state index contributed by atoms with van der Waals surface area (Å²) in [4.78, 5) is 30.4. The molecule has 3 aromatic rings. The van der Waals surface area contributed by atoms with Crippen molar-refractivity contribution in [3.63, 3.8) is 0 Å². The summed E-state index contributed by atoms with van der Waals surface area (Å²) in [6.07, 6.45) is 4.48. The van der Waals surface area contributed by atoms with Gasteiger partial charge in [0, 0.05) is 29.6 Å². The molecule has 0 unspecified atom stereocenters. The summed E-state index contributed by atoms with van der Waals surface area (Å²) in [6, 6.07) is 5.30. The van der Waals surface area contributed by atoms with Gasteiger partial charge in [-0.1, -0.05) is 11.6 Å². The third kappa shape index (κ3) is 2.13. The fourth-order valence-electron chi connectivity index (χ4n) is 3.49. The van der Waals surface area contributed by atoms with Crippen molar-refractivity contribution >= 4 is 28.5 Å². The van der Waals surface area contributed by atoms with Crippen molar-refractivity contribution in [3.8, 4) is 0 Å². The fraction of sp³-hybridized carbons (Fsp3) is 0.353. The van der Waals surface area contributed by atoms with Gasteiger partial charge in [-0.15, -0.1) is 0 Å². The quantitative estimate of drug-likeness (QED) is 0.752. The molecule has 5 rings (SSSR count). The van der Waals surface area contributed by atoms with Gasteiger partial charge in [-0.2, -0.15) is 0 Å². The number of aromatic amines is 2. The molecule has 2 aliphatic rings. The van der Waals surface area contributed by atoms with Gasteiger partial charge in [0.15, 0.2) is 0 Å². The largest absolute Gasteiger partial charge is 0.348 e. The first-order valence-corrected chi connectivity index (χ1v) is 8.56. The molecule has 0 bridgehead atoms. The van der Waals surface area contributed by atoms with Crippen molar-refractivity contribution in [2.24, 2.45) is 5.92 Å². The summed E-state index contributed by atoms with van der Waals surface area (Å²) in [5.74, 6) is 1.13. The highest BCUT2D eigenvalue weighted by Gasteiger charge is 2.41. The molecule has 1 fully saturated rings. The lowest BCUT2D eigenvalue weighted by molar-refractivity contribution is -0.134. The highest BCUT2D eigenvalue weighted by molar-refractivity contribution is 6.31. The van der Waals surface area contributed by atoms with E-state index in [-0.39, 0.29) is 17.9 Å². The molecule has 1 saturated carbocycles. The number of carbonyl (C=O) groups excluding carboxylic acids is 1. The maximum Gasteiger partial charge on any atom is 0.226 e.